The van der Waals surface area contributed by atoms with Crippen molar-refractivity contribution < 1.29 is 117 Å². The smallest absolute Gasteiger partial charge is 0.217 e. The average molecular weight is 1080 g/mol. The van der Waals surface area contributed by atoms with E-state index >= 15 is 0 Å². The van der Waals surface area contributed by atoms with Crippen molar-refractivity contribution in [2.75, 3.05) is 99.1 Å². The third-order valence-corrected chi connectivity index (χ3v) is 12.7. The predicted molar refractivity (Wildman–Crippen MR) is 255 cm³/mol. The first-order chi connectivity index (χ1) is 35.4. The van der Waals surface area contributed by atoms with Gasteiger partial charge in [0.15, 0.2) is 18.9 Å². The van der Waals surface area contributed by atoms with E-state index < -0.39 is 148 Å². The van der Waals surface area contributed by atoms with Gasteiger partial charge in [0, 0.05) is 40.3 Å². The van der Waals surface area contributed by atoms with Crippen LogP contribution in [0.5, 0.6) is 0 Å². The number of nitrogens with one attached hydrogen (secondary N) is 2. The van der Waals surface area contributed by atoms with Crippen molar-refractivity contribution in [3.63, 3.8) is 0 Å². The van der Waals surface area contributed by atoms with E-state index in [1.807, 2.05) is 13.8 Å². The number of rotatable bonds is 34. The Balaban J connectivity index is 1.51. The molecule has 26 nitrogen and oxygen atoms in total. The van der Waals surface area contributed by atoms with Gasteiger partial charge in [0.2, 0.25) is 11.8 Å². The Morgan fingerprint density at radius 3 is 1.58 bits per heavy atom. The van der Waals surface area contributed by atoms with Crippen LogP contribution in [0, 0.1) is 5.92 Å². The van der Waals surface area contributed by atoms with E-state index in [9.17, 15) is 50.4 Å². The predicted octanol–water partition coefficient (Wildman–Crippen LogP) is -3.39. The van der Waals surface area contributed by atoms with E-state index in [0.29, 0.717) is 52.7 Å². The van der Waals surface area contributed by atoms with Crippen molar-refractivity contribution in [2.45, 2.75) is 190 Å². The number of hydrogen-bond acceptors (Lipinski definition) is 24. The Bertz CT molecular complexity index is 1540. The van der Waals surface area contributed by atoms with Crippen LogP contribution in [0.1, 0.15) is 67.7 Å². The van der Waals surface area contributed by atoms with E-state index in [0.717, 1.165) is 19.8 Å². The van der Waals surface area contributed by atoms with Crippen molar-refractivity contribution in [1.29, 1.82) is 0 Å². The zero-order valence-electron chi connectivity index (χ0n) is 44.0. The summed E-state index contributed by atoms with van der Waals surface area (Å²) in [6.45, 7) is 14.1. The SMILES string of the molecule is CCCOCCOCCCOCCOCC1O[C@@H](O[C@@H]2C(CO)O[C@@H](O[C@@H]3C(CO[C@@H]4OC(C)[C@@H](O)C(O)C4O)O[C@@H](C(C)C)[C@@H](NC(C)=O)C3O)[C@@H](NC(C)=O)C2O)[C@H](O)C(OCCOCCOCCC)[C@@H]1O. The minimum Gasteiger partial charge on any atom is -0.394 e. The Kier molecular flexibility index (Phi) is 29.8. The molecular formula is C48H88N2O24. The van der Waals surface area contributed by atoms with Crippen molar-refractivity contribution in [3.8, 4) is 0 Å². The van der Waals surface area contributed by atoms with E-state index in [-0.39, 0.29) is 45.6 Å². The summed E-state index contributed by atoms with van der Waals surface area (Å²) in [7, 11) is 0. The summed E-state index contributed by atoms with van der Waals surface area (Å²) in [5.41, 5.74) is 0. The second-order valence-corrected chi connectivity index (χ2v) is 19.1. The number of aliphatic hydroxyl groups is 8. The molecule has 0 aliphatic carbocycles. The maximum atomic E-state index is 12.8. The third-order valence-electron chi connectivity index (χ3n) is 12.7. The highest BCUT2D eigenvalue weighted by atomic mass is 16.8. The monoisotopic (exact) mass is 1080 g/mol. The maximum Gasteiger partial charge on any atom is 0.217 e. The van der Waals surface area contributed by atoms with Crippen LogP contribution in [0.2, 0.25) is 0 Å². The van der Waals surface area contributed by atoms with Crippen LogP contribution >= 0.6 is 0 Å². The van der Waals surface area contributed by atoms with Crippen LogP contribution in [0.4, 0.5) is 0 Å². The lowest BCUT2D eigenvalue weighted by Gasteiger charge is -2.51. The summed E-state index contributed by atoms with van der Waals surface area (Å²) < 4.78 is 82.2. The highest BCUT2D eigenvalue weighted by Gasteiger charge is 2.55. The minimum absolute atomic E-state index is 0.0732. The standard InChI is InChI=1S/C48H88N2O24/c1-8-11-61-15-17-63-13-10-14-64-19-20-66-24-31-36(55)45(67-22-21-65-18-16-62-12-9-2)41(60)48(72-31)74-43-30(23-51)71-46(34(38(43)57)50-29(7)53)73-44-32(25-68-47-40(59)39(58)35(54)27(5)69-47)70-42(26(3)4)33(37(44)56)49-28(6)52/h26-27,30-48,51,54-60H,8-25H2,1-7H3,(H,49,52)(H,50,53)/t27?,30?,31?,32?,33-,34-,35+,36+,37?,38?,39?,40?,41+,42-,43+,44+,45?,46-,47+,48-/m0/s1. The highest BCUT2D eigenvalue weighted by molar-refractivity contribution is 5.73. The van der Waals surface area contributed by atoms with Gasteiger partial charge in [-0.3, -0.25) is 9.59 Å². The molecule has 0 spiro atoms. The Morgan fingerprint density at radius 2 is 1.00 bits per heavy atom. The lowest BCUT2D eigenvalue weighted by atomic mass is 9.87. The molecule has 0 radical (unpaired) electrons. The van der Waals surface area contributed by atoms with Gasteiger partial charge in [0.05, 0.1) is 90.9 Å². The molecule has 4 saturated heterocycles. The number of ether oxygens (including phenoxy) is 14. The number of carbonyl (C=O) groups is 2. The first kappa shape index (κ1) is 64.6. The van der Waals surface area contributed by atoms with Gasteiger partial charge in [-0.2, -0.15) is 0 Å². The normalized spacial score (nSPS) is 36.8. The van der Waals surface area contributed by atoms with Gasteiger partial charge in [0.1, 0.15) is 85.4 Å². The van der Waals surface area contributed by atoms with E-state index in [2.05, 4.69) is 10.6 Å². The number of aliphatic hydroxyl groups excluding tert-OH is 8. The van der Waals surface area contributed by atoms with Gasteiger partial charge in [0.25, 0.3) is 0 Å². The lowest BCUT2D eigenvalue weighted by Crippen LogP contribution is -2.70. The fourth-order valence-electron chi connectivity index (χ4n) is 8.86. The van der Waals surface area contributed by atoms with Gasteiger partial charge in [-0.25, -0.2) is 0 Å². The summed E-state index contributed by atoms with van der Waals surface area (Å²) in [6, 6.07) is -2.61. The van der Waals surface area contributed by atoms with E-state index in [4.69, 9.17) is 66.3 Å². The quantitative estimate of drug-likeness (QED) is 0.0281. The van der Waals surface area contributed by atoms with Crippen molar-refractivity contribution in [3.05, 3.63) is 0 Å². The summed E-state index contributed by atoms with van der Waals surface area (Å²) in [5.74, 6) is -1.50. The molecule has 4 fully saturated rings. The second-order valence-electron chi connectivity index (χ2n) is 19.1. The maximum absolute atomic E-state index is 12.8. The van der Waals surface area contributed by atoms with Crippen LogP contribution in [-0.2, 0) is 75.9 Å². The first-order valence-corrected chi connectivity index (χ1v) is 26.0. The van der Waals surface area contributed by atoms with Gasteiger partial charge in [-0.05, 0) is 32.1 Å². The summed E-state index contributed by atoms with van der Waals surface area (Å²) >= 11 is 0. The molecule has 74 heavy (non-hydrogen) atoms. The molecule has 26 heteroatoms. The number of carbonyl (C=O) groups excluding carboxylic acids is 2. The van der Waals surface area contributed by atoms with Crippen LogP contribution in [0.25, 0.3) is 0 Å². The zero-order chi connectivity index (χ0) is 54.3. The Hall–Kier alpha value is -1.94. The Labute approximate surface area is 433 Å². The van der Waals surface area contributed by atoms with Gasteiger partial charge in [-0.15, -0.1) is 0 Å². The number of amides is 2. The molecular weight excluding hydrogens is 989 g/mol. The average Bonchev–Trinajstić information content (AvgIpc) is 3.36. The largest absolute Gasteiger partial charge is 0.394 e. The molecule has 9 unspecified atom stereocenters. The Morgan fingerprint density at radius 1 is 0.486 bits per heavy atom. The van der Waals surface area contributed by atoms with Crippen LogP contribution in [-0.4, -0.2) is 274 Å². The summed E-state index contributed by atoms with van der Waals surface area (Å²) in [4.78, 5) is 25.3. The van der Waals surface area contributed by atoms with Crippen molar-refractivity contribution in [1.82, 2.24) is 10.6 Å². The van der Waals surface area contributed by atoms with E-state index in [1.54, 1.807) is 13.8 Å². The molecule has 0 saturated carbocycles. The van der Waals surface area contributed by atoms with Gasteiger partial charge >= 0.3 is 0 Å². The van der Waals surface area contributed by atoms with E-state index in [1.165, 1.54) is 13.8 Å². The van der Waals surface area contributed by atoms with Crippen LogP contribution in [0.3, 0.4) is 0 Å². The molecule has 434 valence electrons. The molecule has 4 rings (SSSR count). The summed E-state index contributed by atoms with van der Waals surface area (Å²) in [6.07, 6.45) is -23.8. The fraction of sp³-hybridized carbons (Fsp3) is 0.958. The molecule has 10 N–H and O–H groups in total. The molecule has 4 aliphatic rings. The molecule has 20 atom stereocenters. The molecule has 0 aromatic rings. The van der Waals surface area contributed by atoms with Crippen molar-refractivity contribution in [2.24, 2.45) is 5.92 Å². The van der Waals surface area contributed by atoms with Crippen LogP contribution in [0.15, 0.2) is 0 Å². The topological polar surface area (TPSA) is 349 Å². The lowest BCUT2D eigenvalue weighted by molar-refractivity contribution is -0.362. The third kappa shape index (κ3) is 19.8. The minimum atomic E-state index is -1.81. The zero-order valence-corrected chi connectivity index (χ0v) is 44.0. The van der Waals surface area contributed by atoms with Crippen LogP contribution < -0.4 is 10.6 Å². The molecule has 0 bridgehead atoms. The molecule has 2 amide bonds. The summed E-state index contributed by atoms with van der Waals surface area (Å²) in [5, 5.41) is 94.7. The van der Waals surface area contributed by atoms with Crippen molar-refractivity contribution >= 4 is 11.8 Å². The first-order valence-electron chi connectivity index (χ1n) is 26.0. The van der Waals surface area contributed by atoms with Gasteiger partial charge < -0.3 is 118 Å². The molecule has 4 aliphatic heterocycles. The highest BCUT2D eigenvalue weighted by Crippen LogP contribution is 2.35. The van der Waals surface area contributed by atoms with Gasteiger partial charge in [-0.1, -0.05) is 27.7 Å². The second kappa shape index (κ2) is 34.2. The number of hydrogen-bond donors (Lipinski definition) is 10. The fourth-order valence-corrected chi connectivity index (χ4v) is 8.86. The molecule has 0 aromatic heterocycles. The molecule has 4 heterocycles. The molecule has 0 aromatic carbocycles.